The maximum atomic E-state index is 12.3. The molecule has 2 rings (SSSR count). The summed E-state index contributed by atoms with van der Waals surface area (Å²) >= 11 is 6.22. The molecule has 1 amide bonds. The molecule has 1 aromatic rings. The Kier molecular flexibility index (Phi) is 6.10. The van der Waals surface area contributed by atoms with Gasteiger partial charge in [-0.3, -0.25) is 4.79 Å². The van der Waals surface area contributed by atoms with Crippen LogP contribution < -0.4 is 20.5 Å². The number of methoxy groups -OCH3 is 1. The number of benzene rings is 1. The Morgan fingerprint density at radius 2 is 2.13 bits per heavy atom. The molecule has 0 saturated carbocycles. The van der Waals surface area contributed by atoms with E-state index in [2.05, 4.69) is 5.32 Å². The van der Waals surface area contributed by atoms with Crippen molar-refractivity contribution in [2.45, 2.75) is 31.8 Å². The number of hydrogen-bond acceptors (Lipinski definition) is 5. The van der Waals surface area contributed by atoms with Gasteiger partial charge in [0.25, 0.3) is 0 Å². The van der Waals surface area contributed by atoms with E-state index in [-0.39, 0.29) is 5.91 Å². The van der Waals surface area contributed by atoms with Crippen molar-refractivity contribution >= 4 is 17.5 Å². The van der Waals surface area contributed by atoms with Crippen LogP contribution in [0.15, 0.2) is 12.1 Å². The Balaban J connectivity index is 2.05. The van der Waals surface area contributed by atoms with Crippen LogP contribution >= 0.6 is 11.6 Å². The number of ether oxygens (including phenoxy) is 3. The Bertz CT molecular complexity index is 559. The first-order valence-corrected chi connectivity index (χ1v) is 8.02. The van der Waals surface area contributed by atoms with Crippen LogP contribution in [0, 0.1) is 0 Å². The molecule has 1 heterocycles. The van der Waals surface area contributed by atoms with Crippen LogP contribution in [-0.2, 0) is 16.1 Å². The highest BCUT2D eigenvalue weighted by Crippen LogP contribution is 2.36. The Morgan fingerprint density at radius 1 is 1.43 bits per heavy atom. The minimum atomic E-state index is -0.864. The lowest BCUT2D eigenvalue weighted by Crippen LogP contribution is -2.56. The van der Waals surface area contributed by atoms with Crippen molar-refractivity contribution in [3.63, 3.8) is 0 Å². The van der Waals surface area contributed by atoms with E-state index >= 15 is 0 Å². The maximum absolute atomic E-state index is 12.3. The number of nitrogens with two attached hydrogens (primary N) is 1. The first kappa shape index (κ1) is 17.8. The van der Waals surface area contributed by atoms with E-state index in [1.165, 1.54) is 0 Å². The van der Waals surface area contributed by atoms with Gasteiger partial charge in [0.05, 0.1) is 24.3 Å². The predicted molar refractivity (Wildman–Crippen MR) is 88.0 cm³/mol. The molecular weight excluding hydrogens is 320 g/mol. The second-order valence-corrected chi connectivity index (χ2v) is 5.90. The van der Waals surface area contributed by atoms with Crippen LogP contribution in [0.25, 0.3) is 0 Å². The van der Waals surface area contributed by atoms with E-state index in [9.17, 15) is 4.79 Å². The van der Waals surface area contributed by atoms with Gasteiger partial charge in [-0.05, 0) is 37.5 Å². The van der Waals surface area contributed by atoms with Crippen molar-refractivity contribution in [1.82, 2.24) is 5.32 Å². The molecule has 0 aromatic heterocycles. The quantitative estimate of drug-likeness (QED) is 0.824. The number of carbonyl (C=O) groups is 1. The summed E-state index contributed by atoms with van der Waals surface area (Å²) in [6.45, 7) is 3.70. The van der Waals surface area contributed by atoms with Crippen LogP contribution in [0.1, 0.15) is 25.3 Å². The Morgan fingerprint density at radius 3 is 2.74 bits per heavy atom. The molecule has 0 atom stereocenters. The third-order valence-electron chi connectivity index (χ3n) is 3.87. The monoisotopic (exact) mass is 342 g/mol. The van der Waals surface area contributed by atoms with E-state index in [0.717, 1.165) is 5.56 Å². The number of halogens is 1. The second kappa shape index (κ2) is 7.86. The zero-order valence-electron chi connectivity index (χ0n) is 13.5. The molecule has 0 unspecified atom stereocenters. The Labute approximate surface area is 141 Å². The van der Waals surface area contributed by atoms with Gasteiger partial charge in [0.1, 0.15) is 0 Å². The van der Waals surface area contributed by atoms with Gasteiger partial charge in [-0.1, -0.05) is 11.6 Å². The van der Waals surface area contributed by atoms with Crippen molar-refractivity contribution in [3.8, 4) is 11.5 Å². The highest BCUT2D eigenvalue weighted by Gasteiger charge is 2.35. The van der Waals surface area contributed by atoms with Crippen LogP contribution in [0.4, 0.5) is 0 Å². The number of carbonyl (C=O) groups excluding carboxylic acids is 1. The molecule has 1 aliphatic heterocycles. The second-order valence-electron chi connectivity index (χ2n) is 5.49. The van der Waals surface area contributed by atoms with Crippen LogP contribution in [0.3, 0.4) is 0 Å². The molecule has 3 N–H and O–H groups in total. The molecule has 1 aromatic carbocycles. The van der Waals surface area contributed by atoms with Crippen molar-refractivity contribution in [1.29, 1.82) is 0 Å². The van der Waals surface area contributed by atoms with Crippen LogP contribution in [0.5, 0.6) is 11.5 Å². The largest absolute Gasteiger partial charge is 0.493 e. The molecule has 1 fully saturated rings. The fraction of sp³-hybridized carbons (Fsp3) is 0.562. The normalized spacial score (nSPS) is 16.7. The van der Waals surface area contributed by atoms with Gasteiger partial charge in [0.15, 0.2) is 11.5 Å². The standard InChI is InChI=1S/C16H23ClN2O4/c1-3-23-14-12(17)8-11(9-13(14)21-2)10-19-15(20)16(18)4-6-22-7-5-16/h8-9H,3-7,10,18H2,1-2H3,(H,19,20). The summed E-state index contributed by atoms with van der Waals surface area (Å²) in [6, 6.07) is 3.55. The van der Waals surface area contributed by atoms with E-state index < -0.39 is 5.54 Å². The minimum Gasteiger partial charge on any atom is -0.493 e. The van der Waals surface area contributed by atoms with Crippen LogP contribution in [-0.4, -0.2) is 38.4 Å². The predicted octanol–water partition coefficient (Wildman–Crippen LogP) is 1.87. The molecule has 0 spiro atoms. The molecule has 1 aliphatic rings. The van der Waals surface area contributed by atoms with Gasteiger partial charge < -0.3 is 25.3 Å². The van der Waals surface area contributed by atoms with Crippen molar-refractivity contribution in [2.75, 3.05) is 26.9 Å². The SMILES string of the molecule is CCOc1c(Cl)cc(CNC(=O)C2(N)CCOCC2)cc1OC. The van der Waals surface area contributed by atoms with Gasteiger partial charge in [0, 0.05) is 19.8 Å². The summed E-state index contributed by atoms with van der Waals surface area (Å²) in [6.07, 6.45) is 1.04. The van der Waals surface area contributed by atoms with E-state index in [4.69, 9.17) is 31.5 Å². The third kappa shape index (κ3) is 4.28. The van der Waals surface area contributed by atoms with Gasteiger partial charge in [-0.2, -0.15) is 0 Å². The Hall–Kier alpha value is -1.50. The summed E-state index contributed by atoms with van der Waals surface area (Å²) in [5.74, 6) is 0.869. The number of hydrogen-bond donors (Lipinski definition) is 2. The van der Waals surface area contributed by atoms with E-state index in [1.807, 2.05) is 6.92 Å². The zero-order valence-corrected chi connectivity index (χ0v) is 14.2. The summed E-state index contributed by atoms with van der Waals surface area (Å²) in [7, 11) is 1.55. The number of amides is 1. The first-order chi connectivity index (χ1) is 11.0. The zero-order chi connectivity index (χ0) is 16.9. The number of rotatable bonds is 6. The van der Waals surface area contributed by atoms with E-state index in [1.54, 1.807) is 19.2 Å². The van der Waals surface area contributed by atoms with Gasteiger partial charge in [-0.25, -0.2) is 0 Å². The fourth-order valence-electron chi connectivity index (χ4n) is 2.48. The third-order valence-corrected chi connectivity index (χ3v) is 4.15. The topological polar surface area (TPSA) is 82.8 Å². The lowest BCUT2D eigenvalue weighted by Gasteiger charge is -2.31. The smallest absolute Gasteiger partial charge is 0.240 e. The van der Waals surface area contributed by atoms with Gasteiger partial charge in [-0.15, -0.1) is 0 Å². The first-order valence-electron chi connectivity index (χ1n) is 7.64. The summed E-state index contributed by atoms with van der Waals surface area (Å²) < 4.78 is 16.0. The summed E-state index contributed by atoms with van der Waals surface area (Å²) in [5.41, 5.74) is 6.11. The molecule has 1 saturated heterocycles. The molecule has 7 heteroatoms. The lowest BCUT2D eigenvalue weighted by atomic mass is 9.90. The highest BCUT2D eigenvalue weighted by molar-refractivity contribution is 6.32. The molecule has 23 heavy (non-hydrogen) atoms. The molecular formula is C16H23ClN2O4. The average Bonchev–Trinajstić information content (AvgIpc) is 2.55. The lowest BCUT2D eigenvalue weighted by molar-refractivity contribution is -0.129. The highest BCUT2D eigenvalue weighted by atomic mass is 35.5. The molecule has 0 bridgehead atoms. The summed E-state index contributed by atoms with van der Waals surface area (Å²) in [4.78, 5) is 12.3. The number of nitrogens with one attached hydrogen (secondary N) is 1. The van der Waals surface area contributed by atoms with E-state index in [0.29, 0.717) is 55.7 Å². The van der Waals surface area contributed by atoms with Crippen molar-refractivity contribution in [2.24, 2.45) is 5.73 Å². The van der Waals surface area contributed by atoms with Gasteiger partial charge in [0.2, 0.25) is 5.91 Å². The fourth-order valence-corrected chi connectivity index (χ4v) is 2.77. The molecule has 6 nitrogen and oxygen atoms in total. The van der Waals surface area contributed by atoms with Crippen molar-refractivity contribution in [3.05, 3.63) is 22.7 Å². The summed E-state index contributed by atoms with van der Waals surface area (Å²) in [5, 5.41) is 3.31. The molecule has 0 radical (unpaired) electrons. The van der Waals surface area contributed by atoms with Crippen molar-refractivity contribution < 1.29 is 19.0 Å². The molecule has 0 aliphatic carbocycles. The van der Waals surface area contributed by atoms with Gasteiger partial charge >= 0.3 is 0 Å². The minimum absolute atomic E-state index is 0.176. The molecule has 128 valence electrons. The van der Waals surface area contributed by atoms with Crippen LogP contribution in [0.2, 0.25) is 5.02 Å². The maximum Gasteiger partial charge on any atom is 0.240 e. The average molecular weight is 343 g/mol.